The average molecular weight is 412 g/mol. The summed E-state index contributed by atoms with van der Waals surface area (Å²) < 4.78 is 14.4. The van der Waals surface area contributed by atoms with Gasteiger partial charge >= 0.3 is 17.1 Å². The molecule has 0 heterocycles. The monoisotopic (exact) mass is 411 g/mol. The van der Waals surface area contributed by atoms with Gasteiger partial charge in [0.2, 0.25) is 0 Å². The Hall–Kier alpha value is 0.629. The molecule has 0 aromatic heterocycles. The van der Waals surface area contributed by atoms with Gasteiger partial charge < -0.3 is 18.9 Å². The van der Waals surface area contributed by atoms with Crippen molar-refractivity contribution in [2.45, 2.75) is 110 Å². The van der Waals surface area contributed by atoms with E-state index in [1.165, 1.54) is 83.5 Å². The molecule has 0 fully saturated rings. The molecule has 0 atom stereocenters. The predicted molar refractivity (Wildman–Crippen MR) is 93.1 cm³/mol. The first kappa shape index (κ1) is 26.9. The molecule has 0 aromatic rings. The fraction of sp³-hybridized carbons (Fsp3) is 1.00. The van der Waals surface area contributed by atoms with Crippen LogP contribution in [-0.2, 0) is 26.2 Å². The van der Waals surface area contributed by atoms with Gasteiger partial charge in [0.05, 0.1) is 14.4 Å². The Morgan fingerprint density at radius 2 is 0.917 bits per heavy atom. The van der Waals surface area contributed by atoms with Gasteiger partial charge in [-0.15, -0.1) is 0 Å². The van der Waals surface area contributed by atoms with Crippen molar-refractivity contribution in [3.63, 3.8) is 0 Å². The zero-order valence-electron chi connectivity index (χ0n) is 15.4. The first-order valence-electron chi connectivity index (χ1n) is 9.73. The molecule has 149 valence electrons. The van der Waals surface area contributed by atoms with E-state index < -0.39 is 7.82 Å². The van der Waals surface area contributed by atoms with E-state index in [1.54, 1.807) is 0 Å². The second-order valence-electron chi connectivity index (χ2n) is 6.58. The van der Waals surface area contributed by atoms with Crippen LogP contribution in [0.5, 0.6) is 0 Å². The fourth-order valence-electron chi connectivity index (χ4n) is 2.83. The Morgan fingerprint density at radius 3 is 1.21 bits per heavy atom. The Kier molecular flexibility index (Phi) is 22.3. The smallest absolute Gasteiger partial charge is 0.790 e. The second kappa shape index (κ2) is 19.9. The summed E-state index contributed by atoms with van der Waals surface area (Å²) in [5, 5.41) is 0. The maximum atomic E-state index is 10.2. The molecule has 4 nitrogen and oxygen atoms in total. The van der Waals surface area contributed by atoms with Gasteiger partial charge in [-0.1, -0.05) is 103 Å². The van der Waals surface area contributed by atoms with Crippen LogP contribution >= 0.6 is 7.82 Å². The second-order valence-corrected chi connectivity index (χ2v) is 7.74. The van der Waals surface area contributed by atoms with Crippen molar-refractivity contribution in [2.24, 2.45) is 0 Å². The molecule has 0 saturated heterocycles. The van der Waals surface area contributed by atoms with Crippen LogP contribution in [0.25, 0.3) is 0 Å². The van der Waals surface area contributed by atoms with Crippen LogP contribution in [0.3, 0.4) is 0 Å². The topological polar surface area (TPSA) is 72.4 Å². The summed E-state index contributed by atoms with van der Waals surface area (Å²) in [6.07, 6.45) is 20.3. The molecule has 0 aliphatic carbocycles. The third-order valence-corrected chi connectivity index (χ3v) is 4.75. The van der Waals surface area contributed by atoms with Gasteiger partial charge in [0, 0.05) is 0 Å². The third-order valence-electron chi connectivity index (χ3n) is 4.25. The van der Waals surface area contributed by atoms with E-state index in [0.29, 0.717) is 6.42 Å². The number of hydrogen-bond acceptors (Lipinski definition) is 4. The van der Waals surface area contributed by atoms with Crippen molar-refractivity contribution >= 4 is 7.82 Å². The van der Waals surface area contributed by atoms with E-state index in [-0.39, 0.29) is 23.7 Å². The summed E-state index contributed by atoms with van der Waals surface area (Å²) in [5.74, 6) is 0. The first-order chi connectivity index (χ1) is 11.1. The van der Waals surface area contributed by atoms with Gasteiger partial charge in [0.1, 0.15) is 0 Å². The van der Waals surface area contributed by atoms with Crippen LogP contribution in [0, 0.1) is 0 Å². The van der Waals surface area contributed by atoms with E-state index in [9.17, 15) is 14.4 Å². The first-order valence-corrected chi connectivity index (χ1v) is 11.2. The van der Waals surface area contributed by atoms with Crippen LogP contribution in [0.2, 0.25) is 0 Å². The minimum Gasteiger partial charge on any atom is -0.790 e. The molecule has 0 N–H and O–H groups in total. The molecular formula is C18H37CuO4P. The number of unbranched alkanes of at least 4 members (excludes halogenated alkanes) is 15. The van der Waals surface area contributed by atoms with Gasteiger partial charge in [-0.2, -0.15) is 0 Å². The van der Waals surface area contributed by atoms with Gasteiger partial charge in [0.15, 0.2) is 0 Å². The zero-order chi connectivity index (χ0) is 17.2. The Labute approximate surface area is 160 Å². The molecular weight excluding hydrogens is 375 g/mol. The minimum absolute atomic E-state index is 0. The maximum Gasteiger partial charge on any atom is 2.00 e. The van der Waals surface area contributed by atoms with E-state index >= 15 is 0 Å². The molecule has 6 heteroatoms. The number of hydrogen-bond donors (Lipinski definition) is 0. The number of rotatable bonds is 18. The Balaban J connectivity index is 0. The largest absolute Gasteiger partial charge is 2.00 e. The van der Waals surface area contributed by atoms with Crippen LogP contribution < -0.4 is 9.79 Å². The zero-order valence-corrected chi connectivity index (χ0v) is 17.2. The molecule has 0 aliphatic rings. The van der Waals surface area contributed by atoms with Gasteiger partial charge in [-0.3, -0.25) is 0 Å². The molecule has 0 amide bonds. The van der Waals surface area contributed by atoms with Gasteiger partial charge in [-0.05, 0) is 6.42 Å². The molecule has 1 radical (unpaired) electrons. The normalized spacial score (nSPS) is 11.5. The van der Waals surface area contributed by atoms with E-state index in [2.05, 4.69) is 11.4 Å². The van der Waals surface area contributed by atoms with Crippen LogP contribution in [0.1, 0.15) is 110 Å². The van der Waals surface area contributed by atoms with Crippen molar-refractivity contribution in [1.29, 1.82) is 0 Å². The summed E-state index contributed by atoms with van der Waals surface area (Å²) in [4.78, 5) is 20.5. The molecule has 0 aliphatic heterocycles. The number of phosphoric acid groups is 1. The molecule has 0 rings (SSSR count). The van der Waals surface area contributed by atoms with E-state index in [1.807, 2.05) is 0 Å². The molecule has 0 unspecified atom stereocenters. The minimum atomic E-state index is -4.76. The molecule has 0 bridgehead atoms. The summed E-state index contributed by atoms with van der Waals surface area (Å²) in [6.45, 7) is 2.30. The third kappa shape index (κ3) is 24.9. The Morgan fingerprint density at radius 1 is 0.625 bits per heavy atom. The van der Waals surface area contributed by atoms with Crippen LogP contribution in [-0.4, -0.2) is 6.61 Å². The molecule has 0 spiro atoms. The standard InChI is InChI=1S/C18H39O4P.Cu/c1-2-3-4-5-6-7-8-9-10-11-12-13-14-15-16-17-18-22-23(19,20)21;/h2-18H2,1H3,(H2,19,20,21);/q;+2/p-2. The maximum absolute atomic E-state index is 10.2. The van der Waals surface area contributed by atoms with Crippen molar-refractivity contribution < 1.29 is 35.9 Å². The number of phosphoric ester groups is 1. The summed E-state index contributed by atoms with van der Waals surface area (Å²) in [7, 11) is -4.76. The Bertz CT molecular complexity index is 284. The van der Waals surface area contributed by atoms with Crippen molar-refractivity contribution in [1.82, 2.24) is 0 Å². The van der Waals surface area contributed by atoms with Crippen molar-refractivity contribution in [2.75, 3.05) is 6.61 Å². The molecule has 24 heavy (non-hydrogen) atoms. The quantitative estimate of drug-likeness (QED) is 0.179. The fourth-order valence-corrected chi connectivity index (χ4v) is 3.18. The van der Waals surface area contributed by atoms with Crippen LogP contribution in [0.4, 0.5) is 0 Å². The summed E-state index contributed by atoms with van der Waals surface area (Å²) in [5.41, 5.74) is 0. The van der Waals surface area contributed by atoms with E-state index in [4.69, 9.17) is 0 Å². The summed E-state index contributed by atoms with van der Waals surface area (Å²) in [6, 6.07) is 0. The summed E-state index contributed by atoms with van der Waals surface area (Å²) >= 11 is 0. The van der Waals surface area contributed by atoms with Crippen molar-refractivity contribution in [3.8, 4) is 0 Å². The van der Waals surface area contributed by atoms with Crippen molar-refractivity contribution in [3.05, 3.63) is 0 Å². The van der Waals surface area contributed by atoms with Gasteiger partial charge in [0.25, 0.3) is 0 Å². The molecule has 0 saturated carbocycles. The van der Waals surface area contributed by atoms with E-state index in [0.717, 1.165) is 12.8 Å². The SMILES string of the molecule is CCCCCCCCCCCCCCCCCCOP(=O)([O-])[O-].[Cu+2]. The van der Waals surface area contributed by atoms with Crippen LogP contribution in [0.15, 0.2) is 0 Å². The predicted octanol–water partition coefficient (Wildman–Crippen LogP) is 5.09. The van der Waals surface area contributed by atoms with Gasteiger partial charge in [-0.25, -0.2) is 0 Å². The average Bonchev–Trinajstić information content (AvgIpc) is 2.49. The molecule has 0 aromatic carbocycles.